The van der Waals surface area contributed by atoms with Gasteiger partial charge in [-0.3, -0.25) is 4.98 Å². The molecule has 1 heterocycles. The highest BCUT2D eigenvalue weighted by atomic mass is 79.9. The minimum atomic E-state index is -0.283. The number of likely N-dealkylation sites (N-methyl/N-ethyl adjacent to an activating group) is 1. The van der Waals surface area contributed by atoms with Gasteiger partial charge in [0.25, 0.3) is 0 Å². The van der Waals surface area contributed by atoms with Crippen LogP contribution < -0.4 is 5.32 Å². The highest BCUT2D eigenvalue weighted by Gasteiger charge is 2.16. The van der Waals surface area contributed by atoms with Crippen LogP contribution in [0.4, 0.5) is 4.39 Å². The van der Waals surface area contributed by atoms with Crippen molar-refractivity contribution in [1.29, 1.82) is 0 Å². The van der Waals surface area contributed by atoms with Gasteiger partial charge in [0.2, 0.25) is 0 Å². The van der Waals surface area contributed by atoms with E-state index in [2.05, 4.69) is 26.2 Å². The van der Waals surface area contributed by atoms with Crippen LogP contribution in [0.1, 0.15) is 17.3 Å². The van der Waals surface area contributed by atoms with Gasteiger partial charge in [-0.05, 0) is 65.3 Å². The van der Waals surface area contributed by atoms with Crippen molar-refractivity contribution in [1.82, 2.24) is 10.3 Å². The fourth-order valence-corrected chi connectivity index (χ4v) is 2.64. The molecule has 0 aliphatic carbocycles. The highest BCUT2D eigenvalue weighted by Crippen LogP contribution is 2.27. The van der Waals surface area contributed by atoms with Crippen LogP contribution in [0.25, 0.3) is 0 Å². The van der Waals surface area contributed by atoms with Crippen LogP contribution in [0.3, 0.4) is 0 Å². The van der Waals surface area contributed by atoms with Crippen molar-refractivity contribution in [2.45, 2.75) is 12.5 Å². The highest BCUT2D eigenvalue weighted by molar-refractivity contribution is 9.10. The molecular weight excluding hydrogens is 331 g/mol. The van der Waals surface area contributed by atoms with Gasteiger partial charge in [0, 0.05) is 15.7 Å². The number of nitrogens with zero attached hydrogens (tertiary/aromatic N) is 1. The lowest BCUT2D eigenvalue weighted by atomic mass is 10.0. The van der Waals surface area contributed by atoms with E-state index in [1.165, 1.54) is 12.1 Å². The smallest absolute Gasteiger partial charge is 0.123 e. The zero-order valence-electron chi connectivity index (χ0n) is 10.3. The minimum Gasteiger partial charge on any atom is -0.311 e. The number of halogens is 3. The Bertz CT molecular complexity index is 577. The predicted molar refractivity (Wildman–Crippen MR) is 78.9 cm³/mol. The summed E-state index contributed by atoms with van der Waals surface area (Å²) in [6, 6.07) is 8.15. The van der Waals surface area contributed by atoms with Gasteiger partial charge in [0.05, 0.1) is 11.7 Å². The molecule has 19 heavy (non-hydrogen) atoms. The second kappa shape index (κ2) is 6.46. The van der Waals surface area contributed by atoms with Gasteiger partial charge < -0.3 is 5.32 Å². The Labute approximate surface area is 125 Å². The maximum atomic E-state index is 13.3. The number of hydrogen-bond acceptors (Lipinski definition) is 2. The van der Waals surface area contributed by atoms with Crippen LogP contribution in [0.2, 0.25) is 5.02 Å². The fourth-order valence-electron chi connectivity index (χ4n) is 1.91. The van der Waals surface area contributed by atoms with Crippen LogP contribution in [0, 0.1) is 5.82 Å². The summed E-state index contributed by atoms with van der Waals surface area (Å²) in [6.07, 6.45) is 2.31. The molecule has 1 aromatic heterocycles. The molecule has 0 aliphatic rings. The van der Waals surface area contributed by atoms with Gasteiger partial charge in [-0.2, -0.15) is 0 Å². The number of nitrogens with one attached hydrogen (secondary N) is 1. The average molecular weight is 344 g/mol. The predicted octanol–water partition coefficient (Wildman–Crippen LogP) is 4.14. The van der Waals surface area contributed by atoms with E-state index in [1.807, 2.05) is 19.2 Å². The van der Waals surface area contributed by atoms with Crippen molar-refractivity contribution >= 4 is 27.5 Å². The first-order valence-electron chi connectivity index (χ1n) is 5.83. The van der Waals surface area contributed by atoms with Crippen molar-refractivity contribution in [3.63, 3.8) is 0 Å². The molecule has 0 radical (unpaired) electrons. The molecule has 0 fully saturated rings. The minimum absolute atomic E-state index is 0.0325. The number of hydrogen-bond donors (Lipinski definition) is 1. The standard InChI is InChI=1S/C14H13BrClFN2/c1-18-13(14-11(15)3-2-6-19-14)8-9-7-10(17)4-5-12(9)16/h2-7,13,18H,8H2,1H3. The van der Waals surface area contributed by atoms with Crippen molar-refractivity contribution in [3.05, 3.63) is 63.1 Å². The Kier molecular flexibility index (Phi) is 4.91. The van der Waals surface area contributed by atoms with Crippen molar-refractivity contribution in [2.24, 2.45) is 0 Å². The van der Waals surface area contributed by atoms with Crippen LogP contribution in [-0.2, 0) is 6.42 Å². The van der Waals surface area contributed by atoms with E-state index < -0.39 is 0 Å². The van der Waals surface area contributed by atoms with Gasteiger partial charge in [-0.15, -0.1) is 0 Å². The second-order valence-electron chi connectivity index (χ2n) is 4.15. The molecule has 1 unspecified atom stereocenters. The van der Waals surface area contributed by atoms with Crippen LogP contribution in [0.15, 0.2) is 41.0 Å². The van der Waals surface area contributed by atoms with Crippen LogP contribution in [-0.4, -0.2) is 12.0 Å². The van der Waals surface area contributed by atoms with E-state index in [-0.39, 0.29) is 11.9 Å². The summed E-state index contributed by atoms with van der Waals surface area (Å²) in [5.74, 6) is -0.283. The van der Waals surface area contributed by atoms with E-state index in [9.17, 15) is 4.39 Å². The Balaban J connectivity index is 2.29. The molecule has 0 saturated heterocycles. The fraction of sp³-hybridized carbons (Fsp3) is 0.214. The number of benzene rings is 1. The summed E-state index contributed by atoms with van der Waals surface area (Å²) in [5.41, 5.74) is 1.64. The molecule has 0 saturated carbocycles. The molecule has 100 valence electrons. The third-order valence-electron chi connectivity index (χ3n) is 2.90. The molecule has 0 spiro atoms. The lowest BCUT2D eigenvalue weighted by Crippen LogP contribution is -2.20. The topological polar surface area (TPSA) is 24.9 Å². The number of aromatic nitrogens is 1. The summed E-state index contributed by atoms with van der Waals surface area (Å²) in [4.78, 5) is 4.35. The quantitative estimate of drug-likeness (QED) is 0.902. The zero-order chi connectivity index (χ0) is 13.8. The summed E-state index contributed by atoms with van der Waals surface area (Å²) in [6.45, 7) is 0. The van der Waals surface area contributed by atoms with Crippen molar-refractivity contribution < 1.29 is 4.39 Å². The van der Waals surface area contributed by atoms with E-state index >= 15 is 0 Å². The molecule has 1 N–H and O–H groups in total. The molecule has 0 bridgehead atoms. The first-order chi connectivity index (χ1) is 9.11. The first kappa shape index (κ1) is 14.4. The first-order valence-corrected chi connectivity index (χ1v) is 7.00. The van der Waals surface area contributed by atoms with Gasteiger partial charge in [0.15, 0.2) is 0 Å². The third-order valence-corrected chi connectivity index (χ3v) is 3.94. The summed E-state index contributed by atoms with van der Waals surface area (Å²) in [7, 11) is 1.85. The maximum absolute atomic E-state index is 13.3. The molecular formula is C14H13BrClFN2. The van der Waals surface area contributed by atoms with Crippen molar-refractivity contribution in [3.8, 4) is 0 Å². The zero-order valence-corrected chi connectivity index (χ0v) is 12.7. The molecule has 1 atom stereocenters. The molecule has 2 nitrogen and oxygen atoms in total. The number of pyridine rings is 1. The van der Waals surface area contributed by atoms with Gasteiger partial charge in [-0.1, -0.05) is 11.6 Å². The molecule has 2 rings (SSSR count). The summed E-state index contributed by atoms with van der Waals surface area (Å²) >= 11 is 9.57. The Morgan fingerprint density at radius 3 is 2.89 bits per heavy atom. The van der Waals surface area contributed by atoms with Gasteiger partial charge >= 0.3 is 0 Å². The second-order valence-corrected chi connectivity index (χ2v) is 5.41. The third kappa shape index (κ3) is 3.53. The molecule has 0 aliphatic heterocycles. The van der Waals surface area contributed by atoms with Crippen LogP contribution in [0.5, 0.6) is 0 Å². The number of rotatable bonds is 4. The molecule has 1 aromatic carbocycles. The van der Waals surface area contributed by atoms with Crippen LogP contribution >= 0.6 is 27.5 Å². The average Bonchev–Trinajstić information content (AvgIpc) is 2.41. The molecule has 2 aromatic rings. The molecule has 0 amide bonds. The van der Waals surface area contributed by atoms with Gasteiger partial charge in [-0.25, -0.2) is 4.39 Å². The Hall–Kier alpha value is -0.970. The summed E-state index contributed by atoms with van der Waals surface area (Å²) in [5, 5.41) is 3.74. The largest absolute Gasteiger partial charge is 0.311 e. The normalized spacial score (nSPS) is 12.4. The lowest BCUT2D eigenvalue weighted by molar-refractivity contribution is 0.568. The van der Waals surface area contributed by atoms with E-state index in [0.717, 1.165) is 15.7 Å². The van der Waals surface area contributed by atoms with E-state index in [4.69, 9.17) is 11.6 Å². The monoisotopic (exact) mass is 342 g/mol. The maximum Gasteiger partial charge on any atom is 0.123 e. The van der Waals surface area contributed by atoms with E-state index in [1.54, 1.807) is 12.3 Å². The summed E-state index contributed by atoms with van der Waals surface area (Å²) < 4.78 is 14.2. The molecule has 5 heteroatoms. The lowest BCUT2D eigenvalue weighted by Gasteiger charge is -2.17. The van der Waals surface area contributed by atoms with Crippen molar-refractivity contribution in [2.75, 3.05) is 7.05 Å². The Morgan fingerprint density at radius 2 is 2.21 bits per heavy atom. The van der Waals surface area contributed by atoms with Gasteiger partial charge in [0.1, 0.15) is 5.82 Å². The SMILES string of the molecule is CNC(Cc1cc(F)ccc1Cl)c1ncccc1Br. The van der Waals surface area contributed by atoms with E-state index in [0.29, 0.717) is 11.4 Å². The Morgan fingerprint density at radius 1 is 1.42 bits per heavy atom.